The van der Waals surface area contributed by atoms with Crippen LogP contribution >= 0.6 is 0 Å². The second kappa shape index (κ2) is 6.65. The third-order valence-corrected chi connectivity index (χ3v) is 3.52. The molecule has 0 bridgehead atoms. The fourth-order valence-electron chi connectivity index (χ4n) is 2.56. The molecular weight excluding hydrogens is 256 g/mol. The highest BCUT2D eigenvalue weighted by molar-refractivity contribution is 5.40. The van der Waals surface area contributed by atoms with Crippen LogP contribution in [0.3, 0.4) is 0 Å². The zero-order chi connectivity index (χ0) is 14.5. The van der Waals surface area contributed by atoms with Crippen LogP contribution in [0.5, 0.6) is 0 Å². The van der Waals surface area contributed by atoms with Gasteiger partial charge in [0.2, 0.25) is 0 Å². The topological polar surface area (TPSA) is 71.3 Å². The van der Waals surface area contributed by atoms with Crippen molar-refractivity contribution in [1.29, 1.82) is 0 Å². The van der Waals surface area contributed by atoms with Gasteiger partial charge in [-0.3, -0.25) is 10.1 Å². The molecule has 0 aliphatic carbocycles. The van der Waals surface area contributed by atoms with E-state index in [0.717, 1.165) is 38.3 Å². The van der Waals surface area contributed by atoms with Gasteiger partial charge < -0.3 is 10.2 Å². The lowest BCUT2D eigenvalue weighted by Gasteiger charge is -2.33. The molecule has 6 nitrogen and oxygen atoms in total. The van der Waals surface area contributed by atoms with E-state index < -0.39 is 4.92 Å². The number of anilines is 1. The molecule has 6 heteroatoms. The SMILES string of the molecule is CC(C)CN1CCC(Nc2ccc([N+](=O)[O-])cn2)CC1. The Balaban J connectivity index is 1.81. The summed E-state index contributed by atoms with van der Waals surface area (Å²) in [6, 6.07) is 3.58. The molecule has 1 aliphatic heterocycles. The lowest BCUT2D eigenvalue weighted by atomic mass is 10.0. The van der Waals surface area contributed by atoms with Crippen molar-refractivity contribution in [3.8, 4) is 0 Å². The van der Waals surface area contributed by atoms with Crippen LogP contribution in [-0.4, -0.2) is 40.5 Å². The van der Waals surface area contributed by atoms with Gasteiger partial charge in [-0.2, -0.15) is 0 Å². The van der Waals surface area contributed by atoms with Gasteiger partial charge in [0.15, 0.2) is 0 Å². The lowest BCUT2D eigenvalue weighted by molar-refractivity contribution is -0.385. The summed E-state index contributed by atoms with van der Waals surface area (Å²) in [5.41, 5.74) is 0.0299. The van der Waals surface area contributed by atoms with Crippen molar-refractivity contribution in [1.82, 2.24) is 9.88 Å². The van der Waals surface area contributed by atoms with Crippen molar-refractivity contribution < 1.29 is 4.92 Å². The maximum Gasteiger partial charge on any atom is 0.287 e. The summed E-state index contributed by atoms with van der Waals surface area (Å²) in [5, 5.41) is 13.9. The van der Waals surface area contributed by atoms with Crippen LogP contribution < -0.4 is 5.32 Å². The van der Waals surface area contributed by atoms with Crippen LogP contribution in [0.15, 0.2) is 18.3 Å². The standard InChI is InChI=1S/C14H22N4O2/c1-11(2)10-17-7-5-12(6-8-17)16-14-4-3-13(9-15-14)18(19)20/h3-4,9,11-12H,5-8,10H2,1-2H3,(H,15,16). The number of nitro groups is 1. The van der Waals surface area contributed by atoms with Gasteiger partial charge in [-0.05, 0) is 24.8 Å². The van der Waals surface area contributed by atoms with Crippen molar-refractivity contribution in [2.45, 2.75) is 32.7 Å². The average Bonchev–Trinajstić information content (AvgIpc) is 2.41. The molecule has 0 spiro atoms. The molecule has 0 aromatic carbocycles. The Morgan fingerprint density at radius 2 is 2.15 bits per heavy atom. The minimum atomic E-state index is -0.429. The van der Waals surface area contributed by atoms with Crippen LogP contribution in [0.2, 0.25) is 0 Å². The zero-order valence-corrected chi connectivity index (χ0v) is 12.1. The summed E-state index contributed by atoms with van der Waals surface area (Å²) in [5.74, 6) is 1.42. The molecule has 0 atom stereocenters. The van der Waals surface area contributed by atoms with E-state index in [1.165, 1.54) is 12.3 Å². The number of pyridine rings is 1. The molecule has 1 saturated heterocycles. The van der Waals surface area contributed by atoms with E-state index in [4.69, 9.17) is 0 Å². The predicted octanol–water partition coefficient (Wildman–Crippen LogP) is 2.52. The van der Waals surface area contributed by atoms with E-state index in [1.807, 2.05) is 0 Å². The van der Waals surface area contributed by atoms with Gasteiger partial charge in [0.1, 0.15) is 12.0 Å². The smallest absolute Gasteiger partial charge is 0.287 e. The molecule has 0 unspecified atom stereocenters. The number of hydrogen-bond acceptors (Lipinski definition) is 5. The fraction of sp³-hybridized carbons (Fsp3) is 0.643. The molecule has 110 valence electrons. The predicted molar refractivity (Wildman–Crippen MR) is 78.8 cm³/mol. The minimum Gasteiger partial charge on any atom is -0.367 e. The van der Waals surface area contributed by atoms with Gasteiger partial charge in [0, 0.05) is 31.7 Å². The van der Waals surface area contributed by atoms with Gasteiger partial charge in [0.25, 0.3) is 5.69 Å². The number of nitrogens with one attached hydrogen (secondary N) is 1. The first-order chi connectivity index (χ1) is 9.54. The first-order valence-electron chi connectivity index (χ1n) is 7.14. The van der Waals surface area contributed by atoms with Gasteiger partial charge >= 0.3 is 0 Å². The fourth-order valence-corrected chi connectivity index (χ4v) is 2.56. The quantitative estimate of drug-likeness (QED) is 0.662. The number of piperidine rings is 1. The monoisotopic (exact) mass is 278 g/mol. The Bertz CT molecular complexity index is 439. The summed E-state index contributed by atoms with van der Waals surface area (Å²) in [6.07, 6.45) is 3.48. The van der Waals surface area contributed by atoms with Gasteiger partial charge in [-0.1, -0.05) is 13.8 Å². The second-order valence-corrected chi connectivity index (χ2v) is 5.77. The Morgan fingerprint density at radius 3 is 2.65 bits per heavy atom. The third kappa shape index (κ3) is 4.16. The van der Waals surface area contributed by atoms with Gasteiger partial charge in [-0.25, -0.2) is 4.98 Å². The van der Waals surface area contributed by atoms with Crippen molar-refractivity contribution in [2.75, 3.05) is 25.0 Å². The molecule has 1 aromatic heterocycles. The molecular formula is C14H22N4O2. The van der Waals surface area contributed by atoms with Crippen molar-refractivity contribution >= 4 is 11.5 Å². The molecule has 2 rings (SSSR count). The Morgan fingerprint density at radius 1 is 1.45 bits per heavy atom. The summed E-state index contributed by atoms with van der Waals surface area (Å²) >= 11 is 0. The molecule has 1 aliphatic rings. The van der Waals surface area contributed by atoms with Crippen molar-refractivity contribution in [3.05, 3.63) is 28.4 Å². The number of nitrogens with zero attached hydrogens (tertiary/aromatic N) is 3. The van der Waals surface area contributed by atoms with E-state index in [-0.39, 0.29) is 5.69 Å². The highest BCUT2D eigenvalue weighted by Gasteiger charge is 2.19. The van der Waals surface area contributed by atoms with Crippen LogP contribution in [0, 0.1) is 16.0 Å². The maximum atomic E-state index is 10.6. The molecule has 1 fully saturated rings. The van der Waals surface area contributed by atoms with Gasteiger partial charge in [-0.15, -0.1) is 0 Å². The third-order valence-electron chi connectivity index (χ3n) is 3.52. The van der Waals surface area contributed by atoms with Crippen LogP contribution in [0.25, 0.3) is 0 Å². The number of hydrogen-bond donors (Lipinski definition) is 1. The molecule has 1 aromatic rings. The highest BCUT2D eigenvalue weighted by atomic mass is 16.6. The highest BCUT2D eigenvalue weighted by Crippen LogP contribution is 2.17. The Hall–Kier alpha value is -1.69. The van der Waals surface area contributed by atoms with E-state index in [0.29, 0.717) is 12.0 Å². The molecule has 1 N–H and O–H groups in total. The molecule has 0 saturated carbocycles. The molecule has 20 heavy (non-hydrogen) atoms. The summed E-state index contributed by atoms with van der Waals surface area (Å²) in [6.45, 7) is 7.84. The summed E-state index contributed by atoms with van der Waals surface area (Å²) in [7, 11) is 0. The van der Waals surface area contributed by atoms with E-state index in [2.05, 4.69) is 29.0 Å². The van der Waals surface area contributed by atoms with Gasteiger partial charge in [0.05, 0.1) is 4.92 Å². The number of rotatable bonds is 5. The molecule has 0 amide bonds. The Kier molecular flexibility index (Phi) is 4.89. The van der Waals surface area contributed by atoms with E-state index >= 15 is 0 Å². The maximum absolute atomic E-state index is 10.6. The molecule has 0 radical (unpaired) electrons. The van der Waals surface area contributed by atoms with Crippen molar-refractivity contribution in [3.63, 3.8) is 0 Å². The summed E-state index contributed by atoms with van der Waals surface area (Å²) in [4.78, 5) is 16.7. The first-order valence-corrected chi connectivity index (χ1v) is 7.14. The van der Waals surface area contributed by atoms with Crippen LogP contribution in [0.4, 0.5) is 11.5 Å². The minimum absolute atomic E-state index is 0.0299. The van der Waals surface area contributed by atoms with Crippen molar-refractivity contribution in [2.24, 2.45) is 5.92 Å². The normalized spacial score (nSPS) is 17.4. The second-order valence-electron chi connectivity index (χ2n) is 5.77. The lowest BCUT2D eigenvalue weighted by Crippen LogP contribution is -2.40. The zero-order valence-electron chi connectivity index (χ0n) is 12.1. The van der Waals surface area contributed by atoms with E-state index in [9.17, 15) is 10.1 Å². The first kappa shape index (κ1) is 14.7. The number of aromatic nitrogens is 1. The average molecular weight is 278 g/mol. The van der Waals surface area contributed by atoms with E-state index in [1.54, 1.807) is 6.07 Å². The number of likely N-dealkylation sites (tertiary alicyclic amines) is 1. The summed E-state index contributed by atoms with van der Waals surface area (Å²) < 4.78 is 0. The Labute approximate surface area is 119 Å². The largest absolute Gasteiger partial charge is 0.367 e. The van der Waals surface area contributed by atoms with Crippen LogP contribution in [-0.2, 0) is 0 Å². The molecule has 2 heterocycles. The van der Waals surface area contributed by atoms with Crippen LogP contribution in [0.1, 0.15) is 26.7 Å².